The first-order valence-electron chi connectivity index (χ1n) is 7.01. The highest BCUT2D eigenvalue weighted by Crippen LogP contribution is 2.19. The molecular formula is C16H19N3OS. The van der Waals surface area contributed by atoms with Gasteiger partial charge in [0.25, 0.3) is 5.91 Å². The molecule has 110 valence electrons. The fourth-order valence-electron chi connectivity index (χ4n) is 1.89. The maximum atomic E-state index is 12.1. The lowest BCUT2D eigenvalue weighted by Gasteiger charge is -1.99. The van der Waals surface area contributed by atoms with Crippen LogP contribution >= 0.6 is 11.3 Å². The Kier molecular flexibility index (Phi) is 5.63. The van der Waals surface area contributed by atoms with Gasteiger partial charge in [0.15, 0.2) is 0 Å². The predicted molar refractivity (Wildman–Crippen MR) is 86.5 cm³/mol. The Bertz CT molecular complexity index is 620. The molecule has 0 spiro atoms. The first-order valence-corrected chi connectivity index (χ1v) is 7.83. The molecule has 0 fully saturated rings. The Morgan fingerprint density at radius 2 is 2.33 bits per heavy atom. The Morgan fingerprint density at radius 1 is 1.48 bits per heavy atom. The van der Waals surface area contributed by atoms with Gasteiger partial charge in [-0.3, -0.25) is 9.78 Å². The molecule has 0 radical (unpaired) electrons. The van der Waals surface area contributed by atoms with Gasteiger partial charge in [-0.15, -0.1) is 11.3 Å². The van der Waals surface area contributed by atoms with Crippen LogP contribution in [-0.4, -0.2) is 22.4 Å². The predicted octanol–water partition coefficient (Wildman–Crippen LogP) is 3.24. The second-order valence-electron chi connectivity index (χ2n) is 4.67. The fourth-order valence-corrected chi connectivity index (χ4v) is 2.97. The summed E-state index contributed by atoms with van der Waals surface area (Å²) in [6.07, 6.45) is 9.34. The summed E-state index contributed by atoms with van der Waals surface area (Å²) < 4.78 is 0. The van der Waals surface area contributed by atoms with E-state index in [0.29, 0.717) is 11.4 Å². The van der Waals surface area contributed by atoms with Gasteiger partial charge in [0.05, 0.1) is 10.7 Å². The molecule has 21 heavy (non-hydrogen) atoms. The summed E-state index contributed by atoms with van der Waals surface area (Å²) in [5.41, 5.74) is 1.84. The highest BCUT2D eigenvalue weighted by molar-refractivity contribution is 7.13. The smallest absolute Gasteiger partial charge is 0.263 e. The molecule has 2 aromatic heterocycles. The molecule has 2 heterocycles. The first kappa shape index (κ1) is 15.4. The van der Waals surface area contributed by atoms with Crippen LogP contribution in [0.4, 0.5) is 0 Å². The van der Waals surface area contributed by atoms with Crippen molar-refractivity contribution >= 4 is 23.3 Å². The summed E-state index contributed by atoms with van der Waals surface area (Å²) in [6.45, 7) is 4.49. The molecule has 0 aromatic carbocycles. The van der Waals surface area contributed by atoms with Crippen LogP contribution in [0.2, 0.25) is 0 Å². The molecule has 0 aliphatic rings. The maximum absolute atomic E-state index is 12.1. The lowest BCUT2D eigenvalue weighted by atomic mass is 10.2. The van der Waals surface area contributed by atoms with Gasteiger partial charge in [0, 0.05) is 18.9 Å². The first-order chi connectivity index (χ1) is 10.2. The number of aromatic nitrogens is 2. The van der Waals surface area contributed by atoms with E-state index < -0.39 is 0 Å². The topological polar surface area (TPSA) is 54.9 Å². The highest BCUT2D eigenvalue weighted by atomic mass is 32.1. The number of nitrogens with zero attached hydrogens (tertiary/aromatic N) is 2. The van der Waals surface area contributed by atoms with E-state index >= 15 is 0 Å². The second kappa shape index (κ2) is 7.69. The van der Waals surface area contributed by atoms with E-state index in [1.807, 2.05) is 31.2 Å². The summed E-state index contributed by atoms with van der Waals surface area (Å²) in [7, 11) is 0. The van der Waals surface area contributed by atoms with Gasteiger partial charge in [-0.1, -0.05) is 25.1 Å². The molecule has 0 aliphatic carbocycles. The average Bonchev–Trinajstić information content (AvgIpc) is 2.86. The number of carbonyl (C=O) groups is 1. The van der Waals surface area contributed by atoms with Crippen molar-refractivity contribution in [2.45, 2.75) is 26.7 Å². The average molecular weight is 301 g/mol. The molecule has 0 aliphatic heterocycles. The molecule has 0 bridgehead atoms. The largest absolute Gasteiger partial charge is 0.348 e. The van der Waals surface area contributed by atoms with Crippen molar-refractivity contribution in [3.8, 4) is 0 Å². The molecule has 0 unspecified atom stereocenters. The van der Waals surface area contributed by atoms with Gasteiger partial charge in [-0.2, -0.15) is 0 Å². The zero-order valence-corrected chi connectivity index (χ0v) is 13.1. The van der Waals surface area contributed by atoms with E-state index in [4.69, 9.17) is 0 Å². The minimum absolute atomic E-state index is 0.0526. The zero-order chi connectivity index (χ0) is 15.1. The van der Waals surface area contributed by atoms with Crippen molar-refractivity contribution in [1.29, 1.82) is 0 Å². The molecule has 4 nitrogen and oxygen atoms in total. The molecule has 1 N–H and O–H groups in total. The van der Waals surface area contributed by atoms with E-state index in [1.54, 1.807) is 12.4 Å². The number of amides is 1. The monoisotopic (exact) mass is 301 g/mol. The van der Waals surface area contributed by atoms with Gasteiger partial charge in [-0.05, 0) is 31.4 Å². The van der Waals surface area contributed by atoms with Crippen molar-refractivity contribution in [1.82, 2.24) is 15.3 Å². The van der Waals surface area contributed by atoms with E-state index in [9.17, 15) is 4.79 Å². The summed E-state index contributed by atoms with van der Waals surface area (Å²) in [6, 6.07) is 3.85. The standard InChI is InChI=1S/C16H19N3OS/c1-3-6-14-19-12(2)15(21-14)16(20)18-10-5-8-13-7-4-9-17-11-13/h4-5,7-9,11H,3,6,10H2,1-2H3,(H,18,20). The van der Waals surface area contributed by atoms with Crippen LogP contribution in [0.5, 0.6) is 0 Å². The number of rotatable bonds is 6. The third-order valence-corrected chi connectivity index (χ3v) is 4.10. The van der Waals surface area contributed by atoms with Crippen molar-refractivity contribution in [3.63, 3.8) is 0 Å². The quantitative estimate of drug-likeness (QED) is 0.891. The van der Waals surface area contributed by atoms with Gasteiger partial charge in [0.1, 0.15) is 4.88 Å². The molecule has 2 rings (SSSR count). The normalized spacial score (nSPS) is 11.0. The molecular weight excluding hydrogens is 282 g/mol. The van der Waals surface area contributed by atoms with E-state index in [-0.39, 0.29) is 5.91 Å². The Balaban J connectivity index is 1.88. The summed E-state index contributed by atoms with van der Waals surface area (Å²) in [5, 5.41) is 3.92. The number of nitrogens with one attached hydrogen (secondary N) is 1. The molecule has 1 amide bonds. The second-order valence-corrected chi connectivity index (χ2v) is 5.75. The molecule has 5 heteroatoms. The van der Waals surface area contributed by atoms with Gasteiger partial charge in [0.2, 0.25) is 0 Å². The van der Waals surface area contributed by atoms with Crippen LogP contribution in [0.1, 0.15) is 39.3 Å². The van der Waals surface area contributed by atoms with Gasteiger partial charge >= 0.3 is 0 Å². The van der Waals surface area contributed by atoms with E-state index in [1.165, 1.54) is 11.3 Å². The number of aryl methyl sites for hydroxylation is 2. The zero-order valence-electron chi connectivity index (χ0n) is 12.3. The Hall–Kier alpha value is -2.01. The molecule has 0 atom stereocenters. The third-order valence-electron chi connectivity index (χ3n) is 2.89. The van der Waals surface area contributed by atoms with E-state index in [0.717, 1.165) is 29.1 Å². The summed E-state index contributed by atoms with van der Waals surface area (Å²) in [4.78, 5) is 21.3. The lowest BCUT2D eigenvalue weighted by Crippen LogP contribution is -2.23. The Labute approximate surface area is 129 Å². The number of hydrogen-bond acceptors (Lipinski definition) is 4. The minimum atomic E-state index is -0.0526. The third kappa shape index (κ3) is 4.49. The van der Waals surface area contributed by atoms with Crippen LogP contribution in [-0.2, 0) is 6.42 Å². The van der Waals surface area contributed by atoms with Crippen molar-refractivity contribution < 1.29 is 4.79 Å². The number of carbonyl (C=O) groups excluding carboxylic acids is 1. The summed E-state index contributed by atoms with van der Waals surface area (Å²) >= 11 is 1.49. The fraction of sp³-hybridized carbons (Fsp3) is 0.312. The maximum Gasteiger partial charge on any atom is 0.263 e. The lowest BCUT2D eigenvalue weighted by molar-refractivity contribution is 0.0961. The minimum Gasteiger partial charge on any atom is -0.348 e. The number of hydrogen-bond donors (Lipinski definition) is 1. The number of pyridine rings is 1. The molecule has 0 saturated heterocycles. The van der Waals surface area contributed by atoms with Crippen LogP contribution in [0, 0.1) is 6.92 Å². The molecule has 2 aromatic rings. The molecule has 0 saturated carbocycles. The van der Waals surface area contributed by atoms with Crippen molar-refractivity contribution in [2.75, 3.05) is 6.54 Å². The van der Waals surface area contributed by atoms with E-state index in [2.05, 4.69) is 22.2 Å². The SMILES string of the molecule is CCCc1nc(C)c(C(=O)NCC=Cc2cccnc2)s1. The van der Waals surface area contributed by atoms with Crippen molar-refractivity contribution in [2.24, 2.45) is 0 Å². The van der Waals surface area contributed by atoms with Crippen LogP contribution < -0.4 is 5.32 Å². The van der Waals surface area contributed by atoms with Crippen LogP contribution in [0.15, 0.2) is 30.6 Å². The number of thiazole rings is 1. The van der Waals surface area contributed by atoms with Gasteiger partial charge in [-0.25, -0.2) is 4.98 Å². The van der Waals surface area contributed by atoms with Crippen molar-refractivity contribution in [3.05, 3.63) is 51.7 Å². The Morgan fingerprint density at radius 3 is 3.05 bits per heavy atom. The summed E-state index contributed by atoms with van der Waals surface area (Å²) in [5.74, 6) is -0.0526. The van der Waals surface area contributed by atoms with Crippen LogP contribution in [0.25, 0.3) is 6.08 Å². The highest BCUT2D eigenvalue weighted by Gasteiger charge is 2.13. The van der Waals surface area contributed by atoms with Crippen LogP contribution in [0.3, 0.4) is 0 Å². The van der Waals surface area contributed by atoms with Gasteiger partial charge < -0.3 is 5.32 Å².